The molecule has 2 rings (SSSR count). The van der Waals surface area contributed by atoms with E-state index in [0.29, 0.717) is 11.5 Å². The van der Waals surface area contributed by atoms with E-state index in [4.69, 9.17) is 0 Å². The minimum absolute atomic E-state index is 0.307. The number of tetrazole rings is 1. The maximum atomic E-state index is 11.2. The molecule has 0 radical (unpaired) electrons. The fourth-order valence-corrected chi connectivity index (χ4v) is 1.41. The van der Waals surface area contributed by atoms with E-state index in [-0.39, 0.29) is 0 Å². The summed E-state index contributed by atoms with van der Waals surface area (Å²) in [6.45, 7) is 0. The van der Waals surface area contributed by atoms with Gasteiger partial charge in [0, 0.05) is 7.05 Å². The summed E-state index contributed by atoms with van der Waals surface area (Å²) < 4.78 is 1.37. The van der Waals surface area contributed by atoms with E-state index in [1.165, 1.54) is 4.68 Å². The molecule has 1 heterocycles. The molecular weight excluding hydrogens is 222 g/mol. The molecule has 2 N–H and O–H groups in total. The summed E-state index contributed by atoms with van der Waals surface area (Å²) in [7, 11) is 1.63. The first-order valence-electron chi connectivity index (χ1n) is 4.95. The Kier molecular flexibility index (Phi) is 2.99. The molecule has 0 aliphatic rings. The molecule has 2 aromatic rings. The number of carbonyl (C=O) groups is 1. The van der Waals surface area contributed by atoms with Gasteiger partial charge in [-0.3, -0.25) is 0 Å². The van der Waals surface area contributed by atoms with Gasteiger partial charge in [-0.15, -0.1) is 0 Å². The Hall–Kier alpha value is -2.44. The molecule has 88 valence electrons. The number of carboxylic acid groups (broad SMARTS) is 1. The van der Waals surface area contributed by atoms with Gasteiger partial charge in [0.1, 0.15) is 0 Å². The number of hydrogen-bond donors (Lipinski definition) is 2. The lowest BCUT2D eigenvalue weighted by molar-refractivity contribution is -0.138. The van der Waals surface area contributed by atoms with Crippen molar-refractivity contribution in [1.29, 1.82) is 0 Å². The first kappa shape index (κ1) is 11.1. The number of benzene rings is 1. The quantitative estimate of drug-likeness (QED) is 0.796. The molecule has 0 aliphatic heterocycles. The van der Waals surface area contributed by atoms with Gasteiger partial charge in [-0.25, -0.2) is 9.48 Å². The lowest BCUT2D eigenvalue weighted by atomic mass is 10.1. The summed E-state index contributed by atoms with van der Waals surface area (Å²) in [6, 6.07) is 7.97. The second-order valence-corrected chi connectivity index (χ2v) is 3.45. The van der Waals surface area contributed by atoms with Gasteiger partial charge < -0.3 is 10.4 Å². The SMILES string of the molecule is Cn1nnnc1NC(C(=O)O)c1ccccc1. The first-order valence-corrected chi connectivity index (χ1v) is 4.95. The van der Waals surface area contributed by atoms with Gasteiger partial charge in [0.05, 0.1) is 0 Å². The highest BCUT2D eigenvalue weighted by molar-refractivity contribution is 5.78. The van der Waals surface area contributed by atoms with Gasteiger partial charge in [-0.05, 0) is 16.0 Å². The van der Waals surface area contributed by atoms with Gasteiger partial charge in [-0.1, -0.05) is 35.4 Å². The normalized spacial score (nSPS) is 12.1. The number of rotatable bonds is 4. The largest absolute Gasteiger partial charge is 0.479 e. The minimum atomic E-state index is -0.987. The molecule has 0 bridgehead atoms. The molecule has 17 heavy (non-hydrogen) atoms. The lowest BCUT2D eigenvalue weighted by Gasteiger charge is -2.14. The number of aliphatic carboxylic acids is 1. The molecule has 7 nitrogen and oxygen atoms in total. The predicted octanol–water partition coefficient (Wildman–Crippen LogP) is 0.448. The predicted molar refractivity (Wildman–Crippen MR) is 59.2 cm³/mol. The van der Waals surface area contributed by atoms with Crippen molar-refractivity contribution in [1.82, 2.24) is 20.2 Å². The van der Waals surface area contributed by atoms with Gasteiger partial charge in [-0.2, -0.15) is 0 Å². The Morgan fingerprint density at radius 3 is 2.65 bits per heavy atom. The number of aromatic nitrogens is 4. The van der Waals surface area contributed by atoms with Crippen molar-refractivity contribution >= 4 is 11.9 Å². The van der Waals surface area contributed by atoms with Crippen LogP contribution in [0.3, 0.4) is 0 Å². The number of hydrogen-bond acceptors (Lipinski definition) is 5. The van der Waals surface area contributed by atoms with Crippen molar-refractivity contribution in [3.8, 4) is 0 Å². The fraction of sp³-hybridized carbons (Fsp3) is 0.200. The highest BCUT2D eigenvalue weighted by Crippen LogP contribution is 2.17. The minimum Gasteiger partial charge on any atom is -0.479 e. The zero-order valence-electron chi connectivity index (χ0n) is 9.11. The van der Waals surface area contributed by atoms with Gasteiger partial charge >= 0.3 is 5.97 Å². The molecule has 1 aromatic heterocycles. The topological polar surface area (TPSA) is 92.9 Å². The zero-order valence-corrected chi connectivity index (χ0v) is 9.11. The summed E-state index contributed by atoms with van der Waals surface area (Å²) in [4.78, 5) is 11.2. The van der Waals surface area contributed by atoms with Crippen LogP contribution in [0.15, 0.2) is 30.3 Å². The van der Waals surface area contributed by atoms with Crippen molar-refractivity contribution < 1.29 is 9.90 Å². The van der Waals surface area contributed by atoms with Crippen LogP contribution < -0.4 is 5.32 Å². The number of aryl methyl sites for hydroxylation is 1. The van der Waals surface area contributed by atoms with E-state index in [2.05, 4.69) is 20.8 Å². The summed E-state index contributed by atoms with van der Waals surface area (Å²) >= 11 is 0. The molecule has 7 heteroatoms. The number of carboxylic acids is 1. The molecule has 1 aromatic carbocycles. The van der Waals surface area contributed by atoms with Gasteiger partial charge in [0.2, 0.25) is 5.95 Å². The van der Waals surface area contributed by atoms with E-state index in [9.17, 15) is 9.90 Å². The average Bonchev–Trinajstić information content (AvgIpc) is 2.72. The maximum absolute atomic E-state index is 11.2. The third-order valence-electron chi connectivity index (χ3n) is 2.27. The number of anilines is 1. The third-order valence-corrected chi connectivity index (χ3v) is 2.27. The molecule has 0 fully saturated rings. The van der Waals surface area contributed by atoms with Gasteiger partial charge in [0.25, 0.3) is 0 Å². The summed E-state index contributed by atoms with van der Waals surface area (Å²) in [5, 5.41) is 22.7. The van der Waals surface area contributed by atoms with Crippen molar-refractivity contribution in [2.24, 2.45) is 7.05 Å². The monoisotopic (exact) mass is 233 g/mol. The van der Waals surface area contributed by atoms with E-state index in [1.807, 2.05) is 6.07 Å². The van der Waals surface area contributed by atoms with Crippen LogP contribution in [0.25, 0.3) is 0 Å². The Bertz CT molecular complexity index is 510. The molecule has 0 saturated carbocycles. The van der Waals surface area contributed by atoms with E-state index >= 15 is 0 Å². The van der Waals surface area contributed by atoms with Crippen molar-refractivity contribution in [2.75, 3.05) is 5.32 Å². The summed E-state index contributed by atoms with van der Waals surface area (Å²) in [6.07, 6.45) is 0. The fourth-order valence-electron chi connectivity index (χ4n) is 1.41. The molecule has 0 saturated heterocycles. The van der Waals surface area contributed by atoms with Crippen molar-refractivity contribution in [3.63, 3.8) is 0 Å². The molecule has 1 unspecified atom stereocenters. The smallest absolute Gasteiger partial charge is 0.330 e. The van der Waals surface area contributed by atoms with Gasteiger partial charge in [0.15, 0.2) is 6.04 Å². The molecular formula is C10H11N5O2. The third kappa shape index (κ3) is 2.39. The van der Waals surface area contributed by atoms with E-state index in [1.54, 1.807) is 31.3 Å². The highest BCUT2D eigenvalue weighted by Gasteiger charge is 2.21. The number of nitrogens with one attached hydrogen (secondary N) is 1. The zero-order chi connectivity index (χ0) is 12.3. The van der Waals surface area contributed by atoms with Crippen LogP contribution in [0.1, 0.15) is 11.6 Å². The molecule has 1 atom stereocenters. The average molecular weight is 233 g/mol. The van der Waals surface area contributed by atoms with Crippen LogP contribution in [-0.2, 0) is 11.8 Å². The van der Waals surface area contributed by atoms with E-state index in [0.717, 1.165) is 0 Å². The van der Waals surface area contributed by atoms with E-state index < -0.39 is 12.0 Å². The molecule has 0 spiro atoms. The Balaban J connectivity index is 2.26. The van der Waals surface area contributed by atoms with Crippen LogP contribution in [0, 0.1) is 0 Å². The second-order valence-electron chi connectivity index (χ2n) is 3.45. The van der Waals surface area contributed by atoms with Crippen LogP contribution in [0.2, 0.25) is 0 Å². The Labute approximate surface area is 97.1 Å². The molecule has 0 aliphatic carbocycles. The Morgan fingerprint density at radius 2 is 2.12 bits per heavy atom. The maximum Gasteiger partial charge on any atom is 0.330 e. The van der Waals surface area contributed by atoms with Crippen molar-refractivity contribution in [2.45, 2.75) is 6.04 Å². The first-order chi connectivity index (χ1) is 8.18. The highest BCUT2D eigenvalue weighted by atomic mass is 16.4. The standard InChI is InChI=1S/C10H11N5O2/c1-15-10(12-13-14-15)11-8(9(16)17)7-5-3-2-4-6-7/h2-6,8H,1H3,(H,16,17)(H,11,12,14). The van der Waals surface area contributed by atoms with Crippen LogP contribution >= 0.6 is 0 Å². The van der Waals surface area contributed by atoms with Crippen molar-refractivity contribution in [3.05, 3.63) is 35.9 Å². The second kappa shape index (κ2) is 4.60. The summed E-state index contributed by atoms with van der Waals surface area (Å²) in [5.41, 5.74) is 0.642. The lowest BCUT2D eigenvalue weighted by Crippen LogP contribution is -2.22. The number of nitrogens with zero attached hydrogens (tertiary/aromatic N) is 4. The summed E-state index contributed by atoms with van der Waals surface area (Å²) in [5.74, 6) is -0.680. The molecule has 0 amide bonds. The Morgan fingerprint density at radius 1 is 1.41 bits per heavy atom. The van der Waals surface area contributed by atoms with Crippen LogP contribution in [0.5, 0.6) is 0 Å². The van der Waals surface area contributed by atoms with Crippen LogP contribution in [-0.4, -0.2) is 31.3 Å². The van der Waals surface area contributed by atoms with Crippen LogP contribution in [0.4, 0.5) is 5.95 Å².